The van der Waals surface area contributed by atoms with Gasteiger partial charge in [-0.3, -0.25) is 0 Å². The third-order valence-electron chi connectivity index (χ3n) is 2.62. The summed E-state index contributed by atoms with van der Waals surface area (Å²) >= 11 is 0. The Hall–Kier alpha value is -1.43. The molecule has 0 unspecified atom stereocenters. The van der Waals surface area contributed by atoms with E-state index in [1.54, 1.807) is 7.05 Å². The first-order chi connectivity index (χ1) is 8.71. The molecule has 0 spiro atoms. The predicted octanol–water partition coefficient (Wildman–Crippen LogP) is 3.15. The van der Waals surface area contributed by atoms with Crippen molar-refractivity contribution in [2.75, 3.05) is 30.8 Å². The third-order valence-corrected chi connectivity index (χ3v) is 2.62. The monoisotopic (exact) mass is 276 g/mol. The van der Waals surface area contributed by atoms with Crippen LogP contribution in [0.2, 0.25) is 0 Å². The van der Waals surface area contributed by atoms with Crippen molar-refractivity contribution >= 4 is 11.4 Å². The van der Waals surface area contributed by atoms with Crippen molar-refractivity contribution in [3.8, 4) is 0 Å². The van der Waals surface area contributed by atoms with Crippen LogP contribution in [0, 0.1) is 0 Å². The molecule has 0 aliphatic carbocycles. The highest BCUT2D eigenvalue weighted by Crippen LogP contribution is 2.37. The largest absolute Gasteiger partial charge is 0.418 e. The lowest BCUT2D eigenvalue weighted by Gasteiger charge is -2.24. The van der Waals surface area contributed by atoms with Gasteiger partial charge in [-0.15, -0.1) is 0 Å². The van der Waals surface area contributed by atoms with E-state index in [4.69, 9.17) is 10.5 Å². The molecule has 0 fully saturated rings. The first-order valence-electron chi connectivity index (χ1n) is 6.01. The lowest BCUT2D eigenvalue weighted by Crippen LogP contribution is -2.26. The van der Waals surface area contributed by atoms with Gasteiger partial charge in [0, 0.05) is 25.0 Å². The minimum atomic E-state index is -4.42. The second kappa shape index (κ2) is 6.14. The van der Waals surface area contributed by atoms with Crippen LogP contribution in [0.3, 0.4) is 0 Å². The highest BCUT2D eigenvalue weighted by Gasteiger charge is 2.34. The molecule has 1 rings (SSSR count). The fourth-order valence-electron chi connectivity index (χ4n) is 1.66. The Morgan fingerprint density at radius 1 is 1.32 bits per heavy atom. The third kappa shape index (κ3) is 4.63. The van der Waals surface area contributed by atoms with Crippen LogP contribution in [0.4, 0.5) is 24.5 Å². The van der Waals surface area contributed by atoms with Crippen molar-refractivity contribution < 1.29 is 17.9 Å². The maximum absolute atomic E-state index is 12.9. The second-order valence-electron chi connectivity index (χ2n) is 4.62. The summed E-state index contributed by atoms with van der Waals surface area (Å²) in [4.78, 5) is 1.52. The summed E-state index contributed by atoms with van der Waals surface area (Å²) in [7, 11) is 1.60. The van der Waals surface area contributed by atoms with E-state index in [1.165, 1.54) is 17.0 Å². The van der Waals surface area contributed by atoms with Gasteiger partial charge in [0.25, 0.3) is 0 Å². The van der Waals surface area contributed by atoms with Crippen LogP contribution in [0.5, 0.6) is 0 Å². The number of halogens is 3. The minimum absolute atomic E-state index is 0.0573. The van der Waals surface area contributed by atoms with Gasteiger partial charge >= 0.3 is 6.18 Å². The molecule has 3 nitrogen and oxygen atoms in total. The maximum Gasteiger partial charge on any atom is 0.418 e. The molecule has 0 amide bonds. The quantitative estimate of drug-likeness (QED) is 0.840. The van der Waals surface area contributed by atoms with Crippen molar-refractivity contribution in [3.05, 3.63) is 23.8 Å². The van der Waals surface area contributed by atoms with Crippen LogP contribution in [0.25, 0.3) is 0 Å². The molecule has 0 aliphatic heterocycles. The van der Waals surface area contributed by atoms with Crippen molar-refractivity contribution in [2.45, 2.75) is 26.1 Å². The van der Waals surface area contributed by atoms with Gasteiger partial charge in [-0.25, -0.2) is 0 Å². The highest BCUT2D eigenvalue weighted by molar-refractivity contribution is 5.60. The fraction of sp³-hybridized carbons (Fsp3) is 0.538. The van der Waals surface area contributed by atoms with Crippen molar-refractivity contribution in [2.24, 2.45) is 0 Å². The molecule has 0 saturated carbocycles. The Morgan fingerprint density at radius 3 is 2.47 bits per heavy atom. The van der Waals surface area contributed by atoms with Crippen LogP contribution in [-0.4, -0.2) is 26.3 Å². The highest BCUT2D eigenvalue weighted by atomic mass is 19.4. The number of benzene rings is 1. The van der Waals surface area contributed by atoms with E-state index in [-0.39, 0.29) is 17.5 Å². The zero-order valence-electron chi connectivity index (χ0n) is 11.3. The summed E-state index contributed by atoms with van der Waals surface area (Å²) in [5, 5.41) is 0. The van der Waals surface area contributed by atoms with E-state index in [9.17, 15) is 13.2 Å². The molecule has 0 aromatic heterocycles. The van der Waals surface area contributed by atoms with Crippen LogP contribution in [-0.2, 0) is 10.9 Å². The van der Waals surface area contributed by atoms with Crippen molar-refractivity contribution in [3.63, 3.8) is 0 Å². The molecule has 0 radical (unpaired) electrons. The number of hydrogen-bond acceptors (Lipinski definition) is 3. The number of anilines is 2. The number of alkyl halides is 3. The summed E-state index contributed by atoms with van der Waals surface area (Å²) in [6.07, 6.45) is -4.36. The van der Waals surface area contributed by atoms with E-state index >= 15 is 0 Å². The lowest BCUT2D eigenvalue weighted by atomic mass is 10.1. The number of ether oxygens (including phenoxy) is 1. The van der Waals surface area contributed by atoms with Crippen LogP contribution < -0.4 is 10.6 Å². The van der Waals surface area contributed by atoms with E-state index in [0.29, 0.717) is 13.2 Å². The molecule has 1 aromatic rings. The molecule has 1 aromatic carbocycles. The Labute approximate surface area is 111 Å². The molecule has 19 heavy (non-hydrogen) atoms. The van der Waals surface area contributed by atoms with Crippen molar-refractivity contribution in [1.29, 1.82) is 0 Å². The topological polar surface area (TPSA) is 38.5 Å². The fourth-order valence-corrected chi connectivity index (χ4v) is 1.66. The Balaban J connectivity index is 2.87. The molecular weight excluding hydrogens is 257 g/mol. The van der Waals surface area contributed by atoms with Crippen LogP contribution in [0.1, 0.15) is 19.4 Å². The van der Waals surface area contributed by atoms with Gasteiger partial charge in [0.2, 0.25) is 0 Å². The Bertz CT molecular complexity index is 419. The van der Waals surface area contributed by atoms with E-state index in [0.717, 1.165) is 6.07 Å². The number of nitrogens with zero attached hydrogens (tertiary/aromatic N) is 1. The molecule has 2 N–H and O–H groups in total. The average Bonchev–Trinajstić information content (AvgIpc) is 2.27. The number of likely N-dealkylation sites (N-methyl/N-ethyl adjacent to an activating group) is 1. The van der Waals surface area contributed by atoms with Gasteiger partial charge in [-0.1, -0.05) is 0 Å². The zero-order valence-corrected chi connectivity index (χ0v) is 11.3. The summed E-state index contributed by atoms with van der Waals surface area (Å²) in [5.74, 6) is 0. The average molecular weight is 276 g/mol. The summed E-state index contributed by atoms with van der Waals surface area (Å²) in [5.41, 5.74) is 4.90. The van der Waals surface area contributed by atoms with E-state index < -0.39 is 11.7 Å². The predicted molar refractivity (Wildman–Crippen MR) is 70.2 cm³/mol. The molecule has 0 aliphatic rings. The van der Waals surface area contributed by atoms with Gasteiger partial charge in [0.15, 0.2) is 0 Å². The lowest BCUT2D eigenvalue weighted by molar-refractivity contribution is -0.137. The van der Waals surface area contributed by atoms with E-state index in [1.807, 2.05) is 13.8 Å². The maximum atomic E-state index is 12.9. The molecule has 0 saturated heterocycles. The molecule has 6 heteroatoms. The van der Waals surface area contributed by atoms with Crippen LogP contribution in [0.15, 0.2) is 18.2 Å². The zero-order chi connectivity index (χ0) is 14.6. The number of hydrogen-bond donors (Lipinski definition) is 1. The Morgan fingerprint density at radius 2 is 1.95 bits per heavy atom. The molecule has 0 bridgehead atoms. The Kier molecular flexibility index (Phi) is 5.05. The summed E-state index contributed by atoms with van der Waals surface area (Å²) in [6.45, 7) is 4.51. The number of rotatable bonds is 5. The minimum Gasteiger partial charge on any atom is -0.399 e. The number of nitrogen functional groups attached to an aromatic ring is 1. The smallest absolute Gasteiger partial charge is 0.399 e. The van der Waals surface area contributed by atoms with Gasteiger partial charge in [-0.2, -0.15) is 13.2 Å². The van der Waals surface area contributed by atoms with Gasteiger partial charge in [0.05, 0.1) is 18.3 Å². The second-order valence-corrected chi connectivity index (χ2v) is 4.62. The van der Waals surface area contributed by atoms with Gasteiger partial charge in [-0.05, 0) is 32.0 Å². The van der Waals surface area contributed by atoms with Crippen LogP contribution >= 0.6 is 0 Å². The molecule has 108 valence electrons. The normalized spacial score (nSPS) is 11.9. The van der Waals surface area contributed by atoms with Crippen molar-refractivity contribution in [1.82, 2.24) is 0 Å². The van der Waals surface area contributed by atoms with Gasteiger partial charge < -0.3 is 15.4 Å². The van der Waals surface area contributed by atoms with Gasteiger partial charge in [0.1, 0.15) is 0 Å². The summed E-state index contributed by atoms with van der Waals surface area (Å²) in [6, 6.07) is 3.80. The van der Waals surface area contributed by atoms with E-state index in [2.05, 4.69) is 0 Å². The molecule has 0 heterocycles. The first-order valence-corrected chi connectivity index (χ1v) is 6.01. The molecule has 0 atom stereocenters. The SMILES string of the molecule is CC(C)OCCN(C)c1ccc(N)cc1C(F)(F)F. The summed E-state index contributed by atoms with van der Waals surface area (Å²) < 4.78 is 44.1. The standard InChI is InChI=1S/C13H19F3N2O/c1-9(2)19-7-6-18(3)12-5-4-10(17)8-11(12)13(14,15)16/h4-5,8-9H,6-7,17H2,1-3H3. The number of nitrogens with two attached hydrogens (primary N) is 1. The molecular formula is C13H19F3N2O. The first kappa shape index (κ1) is 15.6.